The van der Waals surface area contributed by atoms with E-state index in [1.807, 2.05) is 11.3 Å². The Morgan fingerprint density at radius 1 is 0.275 bits per heavy atom. The van der Waals surface area contributed by atoms with E-state index in [2.05, 4.69) is 240 Å². The van der Waals surface area contributed by atoms with Crippen molar-refractivity contribution in [3.05, 3.63) is 231 Å². The number of aromatic nitrogens is 2. The molecule has 0 aliphatic carbocycles. The van der Waals surface area contributed by atoms with E-state index >= 15 is 0 Å². The van der Waals surface area contributed by atoms with Gasteiger partial charge in [0, 0.05) is 58.2 Å². The highest BCUT2D eigenvalue weighted by molar-refractivity contribution is 7.26. The second-order valence-electron chi connectivity index (χ2n) is 18.8. The van der Waals surface area contributed by atoms with Gasteiger partial charge in [-0.25, -0.2) is 0 Å². The summed E-state index contributed by atoms with van der Waals surface area (Å²) >= 11 is 1.91. The van der Waals surface area contributed by atoms with Crippen LogP contribution in [0.1, 0.15) is 0 Å². The fraction of sp³-hybridized carbons (Fsp3) is 0. The van der Waals surface area contributed by atoms with Gasteiger partial charge in [0.25, 0.3) is 0 Å². The van der Waals surface area contributed by atoms with Crippen molar-refractivity contribution < 1.29 is 0 Å². The zero-order valence-electron chi connectivity index (χ0n) is 37.2. The second kappa shape index (κ2) is 13.9. The predicted molar refractivity (Wildman–Crippen MR) is 298 cm³/mol. The molecule has 318 valence electrons. The summed E-state index contributed by atoms with van der Waals surface area (Å²) in [6, 6.07) is 86.3. The fourth-order valence-electron chi connectivity index (χ4n) is 12.2. The minimum Gasteiger partial charge on any atom is -0.309 e. The molecule has 0 fully saturated rings. The number of nitrogens with zero attached hydrogens (tertiary/aromatic N) is 2. The summed E-state index contributed by atoms with van der Waals surface area (Å²) in [5.41, 5.74) is 12.1. The van der Waals surface area contributed by atoms with E-state index in [9.17, 15) is 0 Å². The first-order chi connectivity index (χ1) is 34.2. The van der Waals surface area contributed by atoms with Gasteiger partial charge < -0.3 is 9.13 Å². The number of benzene rings is 13. The van der Waals surface area contributed by atoms with Crippen LogP contribution < -0.4 is 0 Å². The molecule has 0 N–H and O–H groups in total. The van der Waals surface area contributed by atoms with Crippen LogP contribution in [-0.4, -0.2) is 9.13 Å². The van der Waals surface area contributed by atoms with Crippen LogP contribution in [0.3, 0.4) is 0 Å². The van der Waals surface area contributed by atoms with E-state index < -0.39 is 0 Å². The van der Waals surface area contributed by atoms with Crippen LogP contribution in [0.2, 0.25) is 0 Å². The van der Waals surface area contributed by atoms with Gasteiger partial charge in [0.15, 0.2) is 0 Å². The number of thiophene rings is 1. The van der Waals surface area contributed by atoms with E-state index in [1.54, 1.807) is 0 Å². The lowest BCUT2D eigenvalue weighted by molar-refractivity contribution is 1.18. The number of rotatable bonds is 4. The normalized spacial score (nSPS) is 12.3. The molecule has 69 heavy (non-hydrogen) atoms. The first-order valence-corrected chi connectivity index (χ1v) is 24.6. The molecule has 13 aromatic carbocycles. The monoisotopic (exact) mass is 890 g/mol. The van der Waals surface area contributed by atoms with E-state index in [0.717, 1.165) is 5.69 Å². The van der Waals surface area contributed by atoms with Gasteiger partial charge in [-0.1, -0.05) is 152 Å². The van der Waals surface area contributed by atoms with Crippen LogP contribution >= 0.6 is 11.3 Å². The Balaban J connectivity index is 0.923. The largest absolute Gasteiger partial charge is 0.309 e. The molecule has 0 aliphatic rings. The molecule has 16 rings (SSSR count). The molecule has 3 aromatic heterocycles. The van der Waals surface area contributed by atoms with Crippen LogP contribution in [0.25, 0.3) is 151 Å². The second-order valence-corrected chi connectivity index (χ2v) is 19.8. The van der Waals surface area contributed by atoms with Crippen molar-refractivity contribution in [1.82, 2.24) is 9.13 Å². The molecule has 3 heterocycles. The molecule has 0 radical (unpaired) electrons. The Morgan fingerprint density at radius 3 is 1.58 bits per heavy atom. The van der Waals surface area contributed by atoms with Gasteiger partial charge in [-0.05, 0) is 144 Å². The molecule has 0 atom stereocenters. The van der Waals surface area contributed by atoms with Crippen LogP contribution in [0, 0.1) is 0 Å². The number of hydrogen-bond acceptors (Lipinski definition) is 1. The molecule has 16 aromatic rings. The van der Waals surface area contributed by atoms with Crippen molar-refractivity contribution in [2.75, 3.05) is 0 Å². The minimum absolute atomic E-state index is 1.16. The van der Waals surface area contributed by atoms with Gasteiger partial charge in [-0.15, -0.1) is 11.3 Å². The maximum absolute atomic E-state index is 2.52. The van der Waals surface area contributed by atoms with E-state index in [-0.39, 0.29) is 0 Å². The number of para-hydroxylation sites is 2. The lowest BCUT2D eigenvalue weighted by Gasteiger charge is -2.17. The molecule has 0 bridgehead atoms. The van der Waals surface area contributed by atoms with Gasteiger partial charge in [0.2, 0.25) is 0 Å². The Morgan fingerprint density at radius 2 is 0.826 bits per heavy atom. The zero-order valence-corrected chi connectivity index (χ0v) is 38.1. The predicted octanol–water partition coefficient (Wildman–Crippen LogP) is 18.8. The summed E-state index contributed by atoms with van der Waals surface area (Å²) in [6.45, 7) is 0. The standard InChI is InChI=1S/C66H38N2S/c1-2-16-46(17-3-1)67-58-30-26-41(35-54(58)55-36-44(28-32-59(55)67)63-47-18-6-4-13-42(47)33-43-14-5-7-19-48(43)63)40-27-31-60-53(34-40)49-20-8-10-23-57(49)68(60)61-38-45-37-56-50-21-9-11-24-62(50)69-66(56)52-29-25-39-15-12-22-51(61)64(39)65(45)52/h1-38H. The maximum Gasteiger partial charge on any atom is 0.0547 e. The highest BCUT2D eigenvalue weighted by atomic mass is 32.1. The van der Waals surface area contributed by atoms with Crippen molar-refractivity contribution in [3.8, 4) is 33.6 Å². The van der Waals surface area contributed by atoms with Crippen molar-refractivity contribution in [3.63, 3.8) is 0 Å². The Labute approximate surface area is 400 Å². The first-order valence-electron chi connectivity index (χ1n) is 23.8. The molecule has 0 amide bonds. The van der Waals surface area contributed by atoms with Crippen molar-refractivity contribution >= 4 is 129 Å². The summed E-state index contributed by atoms with van der Waals surface area (Å²) < 4.78 is 7.66. The SMILES string of the molecule is c1ccc(-n2c3ccc(-c4ccc5c(c4)c4ccccc4n5-c4cc5cc6c7ccccc7sc6c6ccc7cccc4c7c56)cc3c3cc(-c4c5ccccc5cc5ccccc45)ccc32)cc1. The highest BCUT2D eigenvalue weighted by Crippen LogP contribution is 2.48. The van der Waals surface area contributed by atoms with E-state index in [1.165, 1.54) is 146 Å². The Hall–Kier alpha value is -8.76. The molecular formula is C66H38N2S. The molecular weight excluding hydrogens is 853 g/mol. The van der Waals surface area contributed by atoms with E-state index in [4.69, 9.17) is 0 Å². The topological polar surface area (TPSA) is 9.86 Å². The third kappa shape index (κ3) is 5.20. The summed E-state index contributed by atoms with van der Waals surface area (Å²) in [4.78, 5) is 0. The zero-order chi connectivity index (χ0) is 44.9. The Bertz CT molecular complexity index is 4780. The molecule has 3 heteroatoms. The van der Waals surface area contributed by atoms with Crippen LogP contribution in [-0.2, 0) is 0 Å². The number of fused-ring (bicyclic) bond motifs is 12. The fourth-order valence-corrected chi connectivity index (χ4v) is 13.4. The van der Waals surface area contributed by atoms with E-state index in [0.29, 0.717) is 0 Å². The molecule has 0 unspecified atom stereocenters. The van der Waals surface area contributed by atoms with Gasteiger partial charge in [-0.2, -0.15) is 0 Å². The lowest BCUT2D eigenvalue weighted by atomic mass is 9.91. The van der Waals surface area contributed by atoms with Gasteiger partial charge in [-0.3, -0.25) is 0 Å². The summed E-state index contributed by atoms with van der Waals surface area (Å²) in [6.07, 6.45) is 0. The summed E-state index contributed by atoms with van der Waals surface area (Å²) in [5.74, 6) is 0. The van der Waals surface area contributed by atoms with Crippen LogP contribution in [0.5, 0.6) is 0 Å². The molecule has 2 nitrogen and oxygen atoms in total. The molecule has 0 saturated carbocycles. The smallest absolute Gasteiger partial charge is 0.0547 e. The van der Waals surface area contributed by atoms with Gasteiger partial charge >= 0.3 is 0 Å². The lowest BCUT2D eigenvalue weighted by Crippen LogP contribution is -1.97. The molecule has 0 saturated heterocycles. The van der Waals surface area contributed by atoms with Crippen LogP contribution in [0.15, 0.2) is 231 Å². The molecule has 0 spiro atoms. The van der Waals surface area contributed by atoms with Gasteiger partial charge in [0.1, 0.15) is 0 Å². The van der Waals surface area contributed by atoms with Gasteiger partial charge in [0.05, 0.1) is 27.8 Å². The first kappa shape index (κ1) is 37.3. The summed E-state index contributed by atoms with van der Waals surface area (Å²) in [5, 5.41) is 20.5. The third-order valence-corrected chi connectivity index (χ3v) is 16.4. The average Bonchev–Trinajstić information content (AvgIpc) is 4.06. The number of hydrogen-bond donors (Lipinski definition) is 0. The van der Waals surface area contributed by atoms with Crippen molar-refractivity contribution in [2.45, 2.75) is 0 Å². The quantitative estimate of drug-likeness (QED) is 0.123. The van der Waals surface area contributed by atoms with Crippen LogP contribution in [0.4, 0.5) is 0 Å². The Kier molecular flexibility index (Phi) is 7.52. The average molecular weight is 891 g/mol. The van der Waals surface area contributed by atoms with Crippen molar-refractivity contribution in [2.24, 2.45) is 0 Å². The minimum atomic E-state index is 1.16. The highest BCUT2D eigenvalue weighted by Gasteiger charge is 2.22. The molecule has 0 aliphatic heterocycles. The summed E-state index contributed by atoms with van der Waals surface area (Å²) in [7, 11) is 0. The third-order valence-electron chi connectivity index (χ3n) is 15.2. The van der Waals surface area contributed by atoms with Crippen molar-refractivity contribution in [1.29, 1.82) is 0 Å². The maximum atomic E-state index is 2.52.